The Kier molecular flexibility index (Phi) is 8.61. The van der Waals surface area contributed by atoms with Gasteiger partial charge in [-0.2, -0.15) is 8.42 Å². The third-order valence-corrected chi connectivity index (χ3v) is 7.11. The van der Waals surface area contributed by atoms with Crippen LogP contribution in [0.15, 0.2) is 48.5 Å². The van der Waals surface area contributed by atoms with E-state index >= 15 is 0 Å². The lowest BCUT2D eigenvalue weighted by molar-refractivity contribution is 0.354. The van der Waals surface area contributed by atoms with E-state index in [1.165, 1.54) is 0 Å². The fourth-order valence-corrected chi connectivity index (χ4v) is 4.95. The van der Waals surface area contributed by atoms with Crippen LogP contribution in [0, 0.1) is 0 Å². The van der Waals surface area contributed by atoms with E-state index in [1.807, 2.05) is 43.3 Å². The molecule has 2 rings (SSSR count). The van der Waals surface area contributed by atoms with E-state index in [0.717, 1.165) is 36.0 Å². The maximum absolute atomic E-state index is 11.8. The van der Waals surface area contributed by atoms with Gasteiger partial charge in [0.05, 0.1) is 11.4 Å². The fourth-order valence-electron chi connectivity index (χ4n) is 3.30. The lowest BCUT2D eigenvalue weighted by Crippen LogP contribution is -2.03. The standard InChI is InChI=1S/C21H29O6PS/c1-2-3-7-21(28(22,23)24)20-14-12-19(13-15-20)18-10-8-17(9-11-18)6-4-5-16-29(25,26)27/h8-15,21H,2-7,16H2,1H3,(H2,22,23,24)(H,25,26,27). The van der Waals surface area contributed by atoms with Crippen molar-refractivity contribution in [3.05, 3.63) is 59.7 Å². The summed E-state index contributed by atoms with van der Waals surface area (Å²) in [6, 6.07) is 15.3. The van der Waals surface area contributed by atoms with Crippen molar-refractivity contribution in [3.8, 4) is 11.1 Å². The molecule has 0 saturated carbocycles. The van der Waals surface area contributed by atoms with Gasteiger partial charge in [0, 0.05) is 0 Å². The fraction of sp³-hybridized carbons (Fsp3) is 0.429. The van der Waals surface area contributed by atoms with Gasteiger partial charge in [0.2, 0.25) is 0 Å². The molecule has 0 heterocycles. The van der Waals surface area contributed by atoms with Gasteiger partial charge in [0.15, 0.2) is 0 Å². The summed E-state index contributed by atoms with van der Waals surface area (Å²) in [7, 11) is -8.09. The Morgan fingerprint density at radius 1 is 0.897 bits per heavy atom. The lowest BCUT2D eigenvalue weighted by Gasteiger charge is -2.19. The highest BCUT2D eigenvalue weighted by molar-refractivity contribution is 7.85. The zero-order chi connectivity index (χ0) is 21.5. The quantitative estimate of drug-likeness (QED) is 0.258. The Morgan fingerprint density at radius 3 is 1.93 bits per heavy atom. The minimum atomic E-state index is -4.20. The van der Waals surface area contributed by atoms with Crippen molar-refractivity contribution >= 4 is 17.7 Å². The van der Waals surface area contributed by atoms with Crippen LogP contribution in [0.3, 0.4) is 0 Å². The van der Waals surface area contributed by atoms with E-state index in [1.54, 1.807) is 12.1 Å². The molecule has 2 aromatic carbocycles. The summed E-state index contributed by atoms with van der Waals surface area (Å²) in [5.74, 6) is -0.217. The molecule has 3 N–H and O–H groups in total. The largest absolute Gasteiger partial charge is 0.332 e. The molecule has 1 atom stereocenters. The monoisotopic (exact) mass is 440 g/mol. The average Bonchev–Trinajstić information content (AvgIpc) is 2.65. The minimum Gasteiger partial charge on any atom is -0.324 e. The third kappa shape index (κ3) is 8.03. The smallest absolute Gasteiger partial charge is 0.324 e. The molecule has 0 aromatic heterocycles. The molecule has 160 valence electrons. The first-order valence-electron chi connectivity index (χ1n) is 9.80. The van der Waals surface area contributed by atoms with Gasteiger partial charge in [-0.25, -0.2) is 0 Å². The topological polar surface area (TPSA) is 112 Å². The molecule has 0 aliphatic rings. The van der Waals surface area contributed by atoms with Gasteiger partial charge in [-0.05, 0) is 47.9 Å². The molecule has 0 saturated heterocycles. The SMILES string of the molecule is CCCCC(c1ccc(-c2ccc(CCCCS(=O)(=O)O)cc2)cc1)P(=O)(O)O. The Balaban J connectivity index is 2.03. The second-order valence-corrected chi connectivity index (χ2v) is 10.7. The Morgan fingerprint density at radius 2 is 1.45 bits per heavy atom. The van der Waals surface area contributed by atoms with Gasteiger partial charge < -0.3 is 9.79 Å². The van der Waals surface area contributed by atoms with Crippen LogP contribution in [0.25, 0.3) is 11.1 Å². The molecule has 0 spiro atoms. The van der Waals surface area contributed by atoms with Crippen molar-refractivity contribution in [1.29, 1.82) is 0 Å². The molecule has 0 radical (unpaired) electrons. The van der Waals surface area contributed by atoms with Crippen molar-refractivity contribution in [2.45, 2.75) is 51.1 Å². The molecule has 8 heteroatoms. The summed E-state index contributed by atoms with van der Waals surface area (Å²) in [4.78, 5) is 19.3. The second-order valence-electron chi connectivity index (χ2n) is 7.31. The lowest BCUT2D eigenvalue weighted by atomic mass is 9.99. The zero-order valence-corrected chi connectivity index (χ0v) is 18.3. The van der Waals surface area contributed by atoms with Crippen LogP contribution >= 0.6 is 7.60 Å². The Labute approximate surface area is 172 Å². The highest BCUT2D eigenvalue weighted by Gasteiger charge is 2.29. The van der Waals surface area contributed by atoms with Gasteiger partial charge in [-0.3, -0.25) is 9.12 Å². The molecule has 1 unspecified atom stereocenters. The zero-order valence-electron chi connectivity index (χ0n) is 16.6. The first-order chi connectivity index (χ1) is 13.6. The molecule has 0 amide bonds. The van der Waals surface area contributed by atoms with Crippen molar-refractivity contribution in [2.24, 2.45) is 0 Å². The van der Waals surface area contributed by atoms with Crippen LogP contribution in [0.5, 0.6) is 0 Å². The Bertz CT molecular complexity index is 917. The molecule has 6 nitrogen and oxygen atoms in total. The normalized spacial score (nSPS) is 13.4. The first kappa shape index (κ1) is 23.8. The van der Waals surface area contributed by atoms with Crippen molar-refractivity contribution in [1.82, 2.24) is 0 Å². The molecular weight excluding hydrogens is 411 g/mol. The first-order valence-corrected chi connectivity index (χ1v) is 13.1. The van der Waals surface area contributed by atoms with Crippen LogP contribution in [-0.4, -0.2) is 28.5 Å². The van der Waals surface area contributed by atoms with Crippen LogP contribution in [-0.2, 0) is 21.1 Å². The van der Waals surface area contributed by atoms with Crippen LogP contribution < -0.4 is 0 Å². The molecule has 0 fully saturated rings. The predicted molar refractivity (Wildman–Crippen MR) is 116 cm³/mol. The molecule has 0 aliphatic carbocycles. The minimum absolute atomic E-state index is 0.217. The van der Waals surface area contributed by atoms with Gasteiger partial charge in [-0.15, -0.1) is 0 Å². The molecule has 0 aliphatic heterocycles. The van der Waals surface area contributed by atoms with E-state index < -0.39 is 23.4 Å². The number of benzene rings is 2. The van der Waals surface area contributed by atoms with E-state index in [9.17, 15) is 22.8 Å². The third-order valence-electron chi connectivity index (χ3n) is 4.94. The number of hydrogen-bond acceptors (Lipinski definition) is 3. The van der Waals surface area contributed by atoms with E-state index in [-0.39, 0.29) is 5.75 Å². The highest BCUT2D eigenvalue weighted by atomic mass is 32.2. The number of aryl methyl sites for hydroxylation is 1. The van der Waals surface area contributed by atoms with Gasteiger partial charge in [0.25, 0.3) is 10.1 Å². The summed E-state index contributed by atoms with van der Waals surface area (Å²) in [5.41, 5.74) is 2.94. The number of hydrogen-bond donors (Lipinski definition) is 3. The molecule has 29 heavy (non-hydrogen) atoms. The summed E-state index contributed by atoms with van der Waals surface area (Å²) in [6.45, 7) is 2.00. The van der Waals surface area contributed by atoms with Gasteiger partial charge in [0.1, 0.15) is 0 Å². The maximum Gasteiger partial charge on any atom is 0.332 e. The van der Waals surface area contributed by atoms with E-state index in [2.05, 4.69) is 0 Å². The van der Waals surface area contributed by atoms with Gasteiger partial charge >= 0.3 is 7.60 Å². The van der Waals surface area contributed by atoms with Crippen LogP contribution in [0.2, 0.25) is 0 Å². The van der Waals surface area contributed by atoms with Crippen molar-refractivity contribution < 1.29 is 27.3 Å². The van der Waals surface area contributed by atoms with Crippen LogP contribution in [0.4, 0.5) is 0 Å². The maximum atomic E-state index is 11.8. The van der Waals surface area contributed by atoms with E-state index in [4.69, 9.17) is 4.55 Å². The van der Waals surface area contributed by atoms with Gasteiger partial charge in [-0.1, -0.05) is 68.3 Å². The Hall–Kier alpha value is -1.50. The summed E-state index contributed by atoms with van der Waals surface area (Å²) >= 11 is 0. The highest BCUT2D eigenvalue weighted by Crippen LogP contribution is 2.54. The number of unbranched alkanes of at least 4 members (excludes halogenated alkanes) is 2. The van der Waals surface area contributed by atoms with Crippen LogP contribution in [0.1, 0.15) is 55.8 Å². The van der Waals surface area contributed by atoms with Crippen molar-refractivity contribution in [2.75, 3.05) is 5.75 Å². The predicted octanol–water partition coefficient (Wildman–Crippen LogP) is 4.97. The average molecular weight is 440 g/mol. The second kappa shape index (κ2) is 10.5. The molecular formula is C21H29O6PS. The molecule has 0 bridgehead atoms. The summed E-state index contributed by atoms with van der Waals surface area (Å²) in [5, 5.41) is 0. The van der Waals surface area contributed by atoms with Crippen molar-refractivity contribution in [3.63, 3.8) is 0 Å². The van der Waals surface area contributed by atoms with E-state index in [0.29, 0.717) is 24.8 Å². The number of rotatable bonds is 11. The summed E-state index contributed by atoms with van der Waals surface area (Å²) in [6.07, 6.45) is 3.94. The molecule has 2 aromatic rings. The summed E-state index contributed by atoms with van der Waals surface area (Å²) < 4.78 is 42.0.